The summed E-state index contributed by atoms with van der Waals surface area (Å²) in [5.41, 5.74) is 0.842. The van der Waals surface area contributed by atoms with Crippen molar-refractivity contribution in [1.29, 1.82) is 0 Å². The van der Waals surface area contributed by atoms with Crippen LogP contribution in [0.1, 0.15) is 17.7 Å². The van der Waals surface area contributed by atoms with Crippen LogP contribution < -0.4 is 4.72 Å². The number of rotatable bonds is 7. The van der Waals surface area contributed by atoms with Gasteiger partial charge in [0.2, 0.25) is 0 Å². The van der Waals surface area contributed by atoms with Crippen LogP contribution in [0.25, 0.3) is 0 Å². The molecule has 0 aliphatic rings. The zero-order chi connectivity index (χ0) is 14.6. The number of aliphatic hydroxyl groups is 1. The Morgan fingerprint density at radius 3 is 2.95 bits per heavy atom. The third kappa shape index (κ3) is 3.24. The van der Waals surface area contributed by atoms with E-state index in [0.717, 1.165) is 0 Å². The van der Waals surface area contributed by atoms with Gasteiger partial charge in [0, 0.05) is 36.7 Å². The first-order chi connectivity index (χ1) is 9.54. The van der Waals surface area contributed by atoms with Gasteiger partial charge >= 0.3 is 0 Å². The molecular weight excluding hydrogens is 282 g/mol. The van der Waals surface area contributed by atoms with E-state index in [1.807, 2.05) is 12.3 Å². The Hall–Kier alpha value is -1.71. The minimum absolute atomic E-state index is 0.142. The molecule has 3 N–H and O–H groups in total. The molecule has 2 aromatic rings. The molecule has 0 radical (unpaired) electrons. The summed E-state index contributed by atoms with van der Waals surface area (Å²) in [7, 11) is -3.71. The molecule has 0 amide bonds. The molecule has 0 aromatic carbocycles. The molecule has 0 fully saturated rings. The predicted molar refractivity (Wildman–Crippen MR) is 71.3 cm³/mol. The van der Waals surface area contributed by atoms with Crippen molar-refractivity contribution in [2.24, 2.45) is 0 Å². The minimum atomic E-state index is -3.71. The van der Waals surface area contributed by atoms with E-state index in [0.29, 0.717) is 24.2 Å². The Bertz CT molecular complexity index is 648. The molecule has 0 aliphatic carbocycles. The number of aryl methyl sites for hydroxylation is 2. The van der Waals surface area contributed by atoms with Gasteiger partial charge in [-0.15, -0.1) is 0 Å². The second-order valence-corrected chi connectivity index (χ2v) is 5.99. The molecule has 0 atom stereocenters. The van der Waals surface area contributed by atoms with E-state index in [1.54, 1.807) is 17.8 Å². The number of H-pyrrole nitrogens is 1. The number of hydrogen-bond acceptors (Lipinski definition) is 5. The van der Waals surface area contributed by atoms with Gasteiger partial charge in [0.05, 0.1) is 6.61 Å². The molecule has 20 heavy (non-hydrogen) atoms. The fraction of sp³-hybridized carbons (Fsp3) is 0.455. The summed E-state index contributed by atoms with van der Waals surface area (Å²) >= 11 is 0. The molecule has 110 valence electrons. The Labute approximate surface area is 116 Å². The Morgan fingerprint density at radius 1 is 1.50 bits per heavy atom. The highest BCUT2D eigenvalue weighted by molar-refractivity contribution is 7.89. The van der Waals surface area contributed by atoms with Crippen molar-refractivity contribution >= 4 is 10.0 Å². The van der Waals surface area contributed by atoms with E-state index < -0.39 is 10.0 Å². The number of aromatic nitrogens is 4. The van der Waals surface area contributed by atoms with Crippen LogP contribution in [0.3, 0.4) is 0 Å². The van der Waals surface area contributed by atoms with Crippen molar-refractivity contribution in [2.45, 2.75) is 31.5 Å². The van der Waals surface area contributed by atoms with Crippen LogP contribution in [-0.2, 0) is 23.2 Å². The van der Waals surface area contributed by atoms with Crippen molar-refractivity contribution in [3.05, 3.63) is 29.7 Å². The molecule has 0 saturated heterocycles. The SMILES string of the molecule is Cc1[nH]nc(S(=O)(=O)NCCCn2cccn2)c1CO. The topological polar surface area (TPSA) is 113 Å². The predicted octanol–water partition coefficient (Wildman–Crippen LogP) is -0.224. The van der Waals surface area contributed by atoms with Gasteiger partial charge < -0.3 is 5.11 Å². The quantitative estimate of drug-likeness (QED) is 0.612. The Balaban J connectivity index is 1.93. The lowest BCUT2D eigenvalue weighted by Gasteiger charge is -2.06. The smallest absolute Gasteiger partial charge is 0.260 e. The average Bonchev–Trinajstić information content (AvgIpc) is 3.04. The van der Waals surface area contributed by atoms with Crippen LogP contribution in [0.4, 0.5) is 0 Å². The first-order valence-electron chi connectivity index (χ1n) is 6.16. The number of sulfonamides is 1. The maximum Gasteiger partial charge on any atom is 0.260 e. The van der Waals surface area contributed by atoms with Crippen molar-refractivity contribution in [3.8, 4) is 0 Å². The van der Waals surface area contributed by atoms with Crippen LogP contribution in [0, 0.1) is 6.92 Å². The highest BCUT2D eigenvalue weighted by Gasteiger charge is 2.22. The van der Waals surface area contributed by atoms with Crippen LogP contribution in [-0.4, -0.2) is 40.0 Å². The van der Waals surface area contributed by atoms with Crippen LogP contribution >= 0.6 is 0 Å². The normalized spacial score (nSPS) is 11.9. The monoisotopic (exact) mass is 299 g/mol. The molecule has 2 heterocycles. The van der Waals surface area contributed by atoms with Crippen molar-refractivity contribution in [1.82, 2.24) is 24.7 Å². The summed E-state index contributed by atoms with van der Waals surface area (Å²) in [6.45, 7) is 2.20. The van der Waals surface area contributed by atoms with Crippen LogP contribution in [0.2, 0.25) is 0 Å². The molecule has 8 nitrogen and oxygen atoms in total. The van der Waals surface area contributed by atoms with E-state index in [4.69, 9.17) is 0 Å². The zero-order valence-electron chi connectivity index (χ0n) is 11.1. The molecule has 2 rings (SSSR count). The summed E-state index contributed by atoms with van der Waals surface area (Å²) in [6.07, 6.45) is 4.10. The van der Waals surface area contributed by atoms with Gasteiger partial charge in [-0.3, -0.25) is 9.78 Å². The van der Waals surface area contributed by atoms with Crippen molar-refractivity contribution in [2.75, 3.05) is 6.54 Å². The molecule has 0 bridgehead atoms. The third-order valence-electron chi connectivity index (χ3n) is 2.86. The maximum absolute atomic E-state index is 12.1. The average molecular weight is 299 g/mol. The number of hydrogen-bond donors (Lipinski definition) is 3. The molecule has 2 aromatic heterocycles. The Morgan fingerprint density at radius 2 is 2.30 bits per heavy atom. The standard InChI is InChI=1S/C11H17N5O3S/c1-9-10(8-17)11(15-14-9)20(18,19)13-5-3-7-16-6-2-4-12-16/h2,4,6,13,17H,3,5,7-8H2,1H3,(H,14,15). The van der Waals surface area contributed by atoms with Gasteiger partial charge in [-0.1, -0.05) is 0 Å². The third-order valence-corrected chi connectivity index (χ3v) is 4.29. The van der Waals surface area contributed by atoms with Crippen LogP contribution in [0.5, 0.6) is 0 Å². The maximum atomic E-state index is 12.1. The highest BCUT2D eigenvalue weighted by Crippen LogP contribution is 2.15. The lowest BCUT2D eigenvalue weighted by Crippen LogP contribution is -2.27. The van der Waals surface area contributed by atoms with E-state index in [-0.39, 0.29) is 18.2 Å². The minimum Gasteiger partial charge on any atom is -0.392 e. The van der Waals surface area contributed by atoms with Crippen LogP contribution in [0.15, 0.2) is 23.5 Å². The first-order valence-corrected chi connectivity index (χ1v) is 7.64. The molecule has 0 unspecified atom stereocenters. The number of aliphatic hydroxyl groups excluding tert-OH is 1. The fourth-order valence-electron chi connectivity index (χ4n) is 1.79. The summed E-state index contributed by atoms with van der Waals surface area (Å²) in [4.78, 5) is 0. The summed E-state index contributed by atoms with van der Waals surface area (Å²) < 4.78 is 28.3. The van der Waals surface area contributed by atoms with Gasteiger partial charge in [-0.05, 0) is 19.4 Å². The largest absolute Gasteiger partial charge is 0.392 e. The second kappa shape index (κ2) is 6.16. The van der Waals surface area contributed by atoms with Gasteiger partial charge in [0.25, 0.3) is 10.0 Å². The highest BCUT2D eigenvalue weighted by atomic mass is 32.2. The van der Waals surface area contributed by atoms with Gasteiger partial charge in [-0.25, -0.2) is 13.1 Å². The molecule has 0 aliphatic heterocycles. The van der Waals surface area contributed by atoms with Gasteiger partial charge in [0.1, 0.15) is 0 Å². The second-order valence-electron chi connectivity index (χ2n) is 4.31. The molecular formula is C11H17N5O3S. The summed E-state index contributed by atoms with van der Waals surface area (Å²) in [5.74, 6) is 0. The molecule has 0 spiro atoms. The van der Waals surface area contributed by atoms with E-state index in [2.05, 4.69) is 20.0 Å². The van der Waals surface area contributed by atoms with E-state index in [9.17, 15) is 13.5 Å². The van der Waals surface area contributed by atoms with Gasteiger partial charge in [0.15, 0.2) is 5.03 Å². The molecule has 9 heteroatoms. The van der Waals surface area contributed by atoms with E-state index in [1.165, 1.54) is 0 Å². The lowest BCUT2D eigenvalue weighted by molar-refractivity contribution is 0.277. The zero-order valence-corrected chi connectivity index (χ0v) is 11.9. The van der Waals surface area contributed by atoms with Gasteiger partial charge in [-0.2, -0.15) is 10.2 Å². The number of nitrogens with one attached hydrogen (secondary N) is 2. The Kier molecular flexibility index (Phi) is 4.53. The van der Waals surface area contributed by atoms with Crippen molar-refractivity contribution < 1.29 is 13.5 Å². The first kappa shape index (κ1) is 14.7. The number of nitrogens with zero attached hydrogens (tertiary/aromatic N) is 3. The lowest BCUT2D eigenvalue weighted by atomic mass is 10.3. The summed E-state index contributed by atoms with van der Waals surface area (Å²) in [6, 6.07) is 1.81. The summed E-state index contributed by atoms with van der Waals surface area (Å²) in [5, 5.41) is 19.4. The molecule has 0 saturated carbocycles. The van der Waals surface area contributed by atoms with Crippen molar-refractivity contribution in [3.63, 3.8) is 0 Å². The number of aromatic amines is 1. The fourth-order valence-corrected chi connectivity index (χ4v) is 3.04. The van der Waals surface area contributed by atoms with E-state index >= 15 is 0 Å².